The summed E-state index contributed by atoms with van der Waals surface area (Å²) < 4.78 is 3.05. The molecule has 1 unspecified atom stereocenters. The standard InChI is InChI=1S/C17H21BrN2O/c18-16-9-5-4-8-15(16)17(21)12-13-10-11-20(19-13)14-6-2-1-3-7-14/h4-5,8-11,14,17,21H,1-3,6-7,12H2. The van der Waals surface area contributed by atoms with E-state index in [0.29, 0.717) is 12.5 Å². The Hall–Kier alpha value is -1.13. The summed E-state index contributed by atoms with van der Waals surface area (Å²) >= 11 is 3.49. The molecule has 0 aliphatic heterocycles. The van der Waals surface area contributed by atoms with Crippen LogP contribution in [0.15, 0.2) is 41.0 Å². The second-order valence-electron chi connectivity index (χ2n) is 5.82. The van der Waals surface area contributed by atoms with E-state index < -0.39 is 6.10 Å². The number of nitrogens with zero attached hydrogens (tertiary/aromatic N) is 2. The summed E-state index contributed by atoms with van der Waals surface area (Å²) in [5.74, 6) is 0. The first-order chi connectivity index (χ1) is 10.2. The first-order valence-corrected chi connectivity index (χ1v) is 8.50. The van der Waals surface area contributed by atoms with Crippen LogP contribution in [0, 0.1) is 0 Å². The summed E-state index contributed by atoms with van der Waals surface area (Å²) in [6, 6.07) is 10.4. The monoisotopic (exact) mass is 348 g/mol. The molecule has 0 radical (unpaired) electrons. The van der Waals surface area contributed by atoms with Crippen molar-refractivity contribution in [2.75, 3.05) is 0 Å². The first kappa shape index (κ1) is 14.8. The molecule has 1 heterocycles. The molecule has 1 aromatic carbocycles. The number of benzene rings is 1. The molecule has 1 aliphatic rings. The minimum atomic E-state index is -0.518. The third-order valence-electron chi connectivity index (χ3n) is 4.28. The van der Waals surface area contributed by atoms with E-state index in [2.05, 4.69) is 31.9 Å². The van der Waals surface area contributed by atoms with Crippen molar-refractivity contribution < 1.29 is 5.11 Å². The molecule has 0 spiro atoms. The van der Waals surface area contributed by atoms with Gasteiger partial charge in [-0.2, -0.15) is 5.10 Å². The molecular formula is C17H21BrN2O. The van der Waals surface area contributed by atoms with Gasteiger partial charge in [0.1, 0.15) is 0 Å². The zero-order chi connectivity index (χ0) is 14.7. The zero-order valence-corrected chi connectivity index (χ0v) is 13.7. The van der Waals surface area contributed by atoms with Crippen molar-refractivity contribution in [2.24, 2.45) is 0 Å². The molecule has 3 rings (SSSR count). The topological polar surface area (TPSA) is 38.0 Å². The molecular weight excluding hydrogens is 328 g/mol. The summed E-state index contributed by atoms with van der Waals surface area (Å²) in [6.45, 7) is 0. The Morgan fingerprint density at radius 1 is 1.19 bits per heavy atom. The summed E-state index contributed by atoms with van der Waals surface area (Å²) in [5, 5.41) is 15.1. The number of hydrogen-bond donors (Lipinski definition) is 1. The van der Waals surface area contributed by atoms with Crippen LogP contribution in [-0.4, -0.2) is 14.9 Å². The van der Waals surface area contributed by atoms with E-state index in [9.17, 15) is 5.11 Å². The lowest BCUT2D eigenvalue weighted by molar-refractivity contribution is 0.176. The second-order valence-corrected chi connectivity index (χ2v) is 6.67. The molecule has 0 amide bonds. The molecule has 3 nitrogen and oxygen atoms in total. The lowest BCUT2D eigenvalue weighted by Crippen LogP contribution is -2.13. The molecule has 1 N–H and O–H groups in total. The summed E-state index contributed by atoms with van der Waals surface area (Å²) in [6.07, 6.45) is 8.53. The molecule has 1 atom stereocenters. The largest absolute Gasteiger partial charge is 0.388 e. The van der Waals surface area contributed by atoms with Crippen LogP contribution in [-0.2, 0) is 6.42 Å². The van der Waals surface area contributed by atoms with Gasteiger partial charge in [-0.25, -0.2) is 0 Å². The van der Waals surface area contributed by atoms with E-state index in [-0.39, 0.29) is 0 Å². The van der Waals surface area contributed by atoms with Crippen LogP contribution < -0.4 is 0 Å². The average molecular weight is 349 g/mol. The van der Waals surface area contributed by atoms with Crippen molar-refractivity contribution in [1.82, 2.24) is 9.78 Å². The molecule has 1 saturated carbocycles. The van der Waals surface area contributed by atoms with Crippen molar-refractivity contribution in [3.63, 3.8) is 0 Å². The fourth-order valence-corrected chi connectivity index (χ4v) is 3.64. The van der Waals surface area contributed by atoms with Gasteiger partial charge < -0.3 is 5.11 Å². The first-order valence-electron chi connectivity index (χ1n) is 7.70. The molecule has 0 bridgehead atoms. The molecule has 112 valence electrons. The molecule has 4 heteroatoms. The van der Waals surface area contributed by atoms with Crippen LogP contribution >= 0.6 is 15.9 Å². The molecule has 0 saturated heterocycles. The van der Waals surface area contributed by atoms with E-state index in [4.69, 9.17) is 0 Å². The number of rotatable bonds is 4. The van der Waals surface area contributed by atoms with Crippen molar-refractivity contribution in [3.8, 4) is 0 Å². The van der Waals surface area contributed by atoms with Gasteiger partial charge in [0.2, 0.25) is 0 Å². The van der Waals surface area contributed by atoms with E-state index in [0.717, 1.165) is 15.7 Å². The Bertz CT molecular complexity index is 590. The highest BCUT2D eigenvalue weighted by Gasteiger charge is 2.17. The van der Waals surface area contributed by atoms with Crippen LogP contribution in [0.25, 0.3) is 0 Å². The van der Waals surface area contributed by atoms with Gasteiger partial charge >= 0.3 is 0 Å². The lowest BCUT2D eigenvalue weighted by Gasteiger charge is -2.21. The highest BCUT2D eigenvalue weighted by atomic mass is 79.9. The third kappa shape index (κ3) is 3.55. The van der Waals surface area contributed by atoms with Gasteiger partial charge in [0.05, 0.1) is 17.8 Å². The molecule has 21 heavy (non-hydrogen) atoms. The van der Waals surface area contributed by atoms with Gasteiger partial charge in [0, 0.05) is 17.1 Å². The molecule has 1 aromatic heterocycles. The van der Waals surface area contributed by atoms with Gasteiger partial charge in [-0.15, -0.1) is 0 Å². The Morgan fingerprint density at radius 2 is 1.95 bits per heavy atom. The van der Waals surface area contributed by atoms with Gasteiger partial charge in [0.25, 0.3) is 0 Å². The van der Waals surface area contributed by atoms with Crippen LogP contribution in [0.5, 0.6) is 0 Å². The van der Waals surface area contributed by atoms with Gasteiger partial charge in [-0.3, -0.25) is 4.68 Å². The summed E-state index contributed by atoms with van der Waals surface area (Å²) in [7, 11) is 0. The fraction of sp³-hybridized carbons (Fsp3) is 0.471. The predicted octanol–water partition coefficient (Wildman–Crippen LogP) is 4.43. The normalized spacial score (nSPS) is 17.8. The molecule has 1 aliphatic carbocycles. The fourth-order valence-electron chi connectivity index (χ4n) is 3.09. The number of aliphatic hydroxyl groups is 1. The van der Waals surface area contributed by atoms with Gasteiger partial charge in [-0.1, -0.05) is 53.4 Å². The third-order valence-corrected chi connectivity index (χ3v) is 5.00. The smallest absolute Gasteiger partial charge is 0.0857 e. The summed E-state index contributed by atoms with van der Waals surface area (Å²) in [4.78, 5) is 0. The Morgan fingerprint density at radius 3 is 2.71 bits per heavy atom. The summed E-state index contributed by atoms with van der Waals surface area (Å²) in [5.41, 5.74) is 1.88. The number of hydrogen-bond acceptors (Lipinski definition) is 2. The maximum atomic E-state index is 10.4. The highest BCUT2D eigenvalue weighted by molar-refractivity contribution is 9.10. The van der Waals surface area contributed by atoms with Crippen molar-refractivity contribution in [1.29, 1.82) is 0 Å². The van der Waals surface area contributed by atoms with Crippen LogP contribution in [0.1, 0.15) is 55.5 Å². The van der Waals surface area contributed by atoms with E-state index in [1.807, 2.05) is 30.3 Å². The van der Waals surface area contributed by atoms with E-state index in [1.165, 1.54) is 32.1 Å². The highest BCUT2D eigenvalue weighted by Crippen LogP contribution is 2.29. The maximum absolute atomic E-state index is 10.4. The lowest BCUT2D eigenvalue weighted by atomic mass is 9.96. The van der Waals surface area contributed by atoms with Crippen LogP contribution in [0.3, 0.4) is 0 Å². The van der Waals surface area contributed by atoms with Gasteiger partial charge in [0.15, 0.2) is 0 Å². The van der Waals surface area contributed by atoms with Crippen molar-refractivity contribution in [2.45, 2.75) is 50.7 Å². The van der Waals surface area contributed by atoms with Crippen LogP contribution in [0.4, 0.5) is 0 Å². The minimum absolute atomic E-state index is 0.518. The Balaban J connectivity index is 1.68. The quantitative estimate of drug-likeness (QED) is 0.887. The van der Waals surface area contributed by atoms with E-state index >= 15 is 0 Å². The average Bonchev–Trinajstić information content (AvgIpc) is 2.97. The molecule has 1 fully saturated rings. The number of halogens is 1. The zero-order valence-electron chi connectivity index (χ0n) is 12.1. The predicted molar refractivity (Wildman–Crippen MR) is 87.2 cm³/mol. The van der Waals surface area contributed by atoms with Gasteiger partial charge in [-0.05, 0) is 30.5 Å². The number of aliphatic hydroxyl groups excluding tert-OH is 1. The van der Waals surface area contributed by atoms with Crippen molar-refractivity contribution in [3.05, 3.63) is 52.3 Å². The number of aromatic nitrogens is 2. The maximum Gasteiger partial charge on any atom is 0.0857 e. The van der Waals surface area contributed by atoms with E-state index in [1.54, 1.807) is 0 Å². The molecule has 2 aromatic rings. The SMILES string of the molecule is OC(Cc1ccn(C2CCCCC2)n1)c1ccccc1Br. The van der Waals surface area contributed by atoms with Crippen LogP contribution in [0.2, 0.25) is 0 Å². The van der Waals surface area contributed by atoms with Crippen molar-refractivity contribution >= 4 is 15.9 Å². The Labute approximate surface area is 134 Å². The Kier molecular flexibility index (Phi) is 4.76. The second kappa shape index (κ2) is 6.75. The minimum Gasteiger partial charge on any atom is -0.388 e.